The highest BCUT2D eigenvalue weighted by Gasteiger charge is 2.26. The lowest BCUT2D eigenvalue weighted by atomic mass is 9.89. The lowest BCUT2D eigenvalue weighted by Crippen LogP contribution is -2.44. The molecule has 1 aliphatic rings. The van der Waals surface area contributed by atoms with Gasteiger partial charge in [0, 0.05) is 24.6 Å². The van der Waals surface area contributed by atoms with Gasteiger partial charge >= 0.3 is 0 Å². The summed E-state index contributed by atoms with van der Waals surface area (Å²) in [5.41, 5.74) is 0.570. The van der Waals surface area contributed by atoms with Gasteiger partial charge in [0.1, 0.15) is 11.6 Å². The second kappa shape index (κ2) is 6.96. The maximum Gasteiger partial charge on any atom is 0.129 e. The van der Waals surface area contributed by atoms with Gasteiger partial charge in [0.2, 0.25) is 0 Å². The Kier molecular flexibility index (Phi) is 5.28. The zero-order valence-corrected chi connectivity index (χ0v) is 11.3. The van der Waals surface area contributed by atoms with Gasteiger partial charge in [-0.05, 0) is 37.4 Å². The van der Waals surface area contributed by atoms with Crippen LogP contribution < -0.4 is 5.32 Å². The molecule has 1 heterocycles. The number of rotatable bonds is 5. The van der Waals surface area contributed by atoms with Crippen LogP contribution in [0.4, 0.5) is 8.78 Å². The number of nitrogens with one attached hydrogen (secondary N) is 1. The molecular formula is C15H21F2NO. The van der Waals surface area contributed by atoms with Crippen molar-refractivity contribution in [2.75, 3.05) is 19.8 Å². The molecular weight excluding hydrogens is 248 g/mol. The van der Waals surface area contributed by atoms with Crippen molar-refractivity contribution in [1.82, 2.24) is 5.32 Å². The molecule has 0 aliphatic carbocycles. The fraction of sp³-hybridized carbons (Fsp3) is 0.600. The molecule has 1 aromatic rings. The van der Waals surface area contributed by atoms with Gasteiger partial charge in [0.05, 0.1) is 6.61 Å². The van der Waals surface area contributed by atoms with E-state index in [-0.39, 0.29) is 5.92 Å². The van der Waals surface area contributed by atoms with E-state index in [0.717, 1.165) is 32.1 Å². The molecule has 0 spiro atoms. The number of benzene rings is 1. The minimum atomic E-state index is -0.526. The first-order valence-corrected chi connectivity index (χ1v) is 6.95. The summed E-state index contributed by atoms with van der Waals surface area (Å²) in [6, 6.07) is 4.17. The van der Waals surface area contributed by atoms with Gasteiger partial charge in [-0.25, -0.2) is 8.78 Å². The third-order valence-corrected chi connectivity index (χ3v) is 3.63. The fourth-order valence-electron chi connectivity index (χ4n) is 2.57. The van der Waals surface area contributed by atoms with E-state index < -0.39 is 11.6 Å². The van der Waals surface area contributed by atoms with Gasteiger partial charge in [-0.15, -0.1) is 0 Å². The molecule has 1 aliphatic heterocycles. The molecule has 0 bridgehead atoms. The van der Waals surface area contributed by atoms with Crippen molar-refractivity contribution in [3.05, 3.63) is 35.4 Å². The molecule has 1 fully saturated rings. The van der Waals surface area contributed by atoms with Crippen molar-refractivity contribution >= 4 is 0 Å². The summed E-state index contributed by atoms with van der Waals surface area (Å²) < 4.78 is 32.1. The third kappa shape index (κ3) is 3.98. The zero-order chi connectivity index (χ0) is 13.7. The van der Waals surface area contributed by atoms with Crippen molar-refractivity contribution in [2.24, 2.45) is 5.92 Å². The van der Waals surface area contributed by atoms with Gasteiger partial charge < -0.3 is 10.1 Å². The molecule has 19 heavy (non-hydrogen) atoms. The van der Waals surface area contributed by atoms with Gasteiger partial charge in [-0.2, -0.15) is 0 Å². The topological polar surface area (TPSA) is 21.3 Å². The molecule has 1 aromatic carbocycles. The predicted molar refractivity (Wildman–Crippen MR) is 71.1 cm³/mol. The van der Waals surface area contributed by atoms with E-state index in [1.165, 1.54) is 12.1 Å². The Morgan fingerprint density at radius 2 is 2.21 bits per heavy atom. The van der Waals surface area contributed by atoms with Gasteiger partial charge in [-0.3, -0.25) is 0 Å². The number of hydrogen-bond donors (Lipinski definition) is 1. The third-order valence-electron chi connectivity index (χ3n) is 3.63. The molecule has 2 rings (SSSR count). The quantitative estimate of drug-likeness (QED) is 0.887. The van der Waals surface area contributed by atoms with Crippen molar-refractivity contribution < 1.29 is 13.5 Å². The van der Waals surface area contributed by atoms with E-state index >= 15 is 0 Å². The summed E-state index contributed by atoms with van der Waals surface area (Å²) in [5, 5.41) is 3.50. The maximum atomic E-state index is 13.7. The van der Waals surface area contributed by atoms with E-state index in [0.29, 0.717) is 24.6 Å². The molecule has 0 amide bonds. The first-order chi connectivity index (χ1) is 9.20. The maximum absolute atomic E-state index is 13.7. The molecule has 0 saturated carbocycles. The van der Waals surface area contributed by atoms with Crippen LogP contribution in [0.3, 0.4) is 0 Å². The lowest BCUT2D eigenvalue weighted by Gasteiger charge is -2.32. The molecule has 4 heteroatoms. The van der Waals surface area contributed by atoms with Crippen molar-refractivity contribution in [1.29, 1.82) is 0 Å². The summed E-state index contributed by atoms with van der Waals surface area (Å²) in [6.45, 7) is 4.48. The highest BCUT2D eigenvalue weighted by molar-refractivity contribution is 5.19. The van der Waals surface area contributed by atoms with Crippen LogP contribution in [0.2, 0.25) is 0 Å². The van der Waals surface area contributed by atoms with Gasteiger partial charge in [0.15, 0.2) is 0 Å². The smallest absolute Gasteiger partial charge is 0.129 e. The van der Waals surface area contributed by atoms with E-state index in [1.54, 1.807) is 0 Å². The number of halogens is 2. The van der Waals surface area contributed by atoms with Crippen LogP contribution in [0, 0.1) is 17.6 Å². The molecule has 0 aromatic heterocycles. The molecule has 1 saturated heterocycles. The number of hydrogen-bond acceptors (Lipinski definition) is 2. The van der Waals surface area contributed by atoms with Gasteiger partial charge in [-0.1, -0.05) is 13.0 Å². The average Bonchev–Trinajstić information content (AvgIpc) is 2.41. The molecule has 1 N–H and O–H groups in total. The standard InChI is InChI=1S/C15H21F2NO/c1-2-6-18-15-5-7-19-10-12(15)8-11-3-4-13(16)9-14(11)17/h3-4,9,12,15,18H,2,5-8,10H2,1H3. The molecule has 106 valence electrons. The van der Waals surface area contributed by atoms with Crippen LogP contribution in [0.5, 0.6) is 0 Å². The Morgan fingerprint density at radius 3 is 2.95 bits per heavy atom. The second-order valence-corrected chi connectivity index (χ2v) is 5.12. The van der Waals surface area contributed by atoms with Crippen LogP contribution in [0.15, 0.2) is 18.2 Å². The first-order valence-electron chi connectivity index (χ1n) is 6.95. The van der Waals surface area contributed by atoms with E-state index in [9.17, 15) is 8.78 Å². The van der Waals surface area contributed by atoms with E-state index in [1.807, 2.05) is 0 Å². The molecule has 2 atom stereocenters. The molecule has 2 nitrogen and oxygen atoms in total. The van der Waals surface area contributed by atoms with Crippen LogP contribution in [0.25, 0.3) is 0 Å². The molecule has 2 unspecified atom stereocenters. The molecule has 0 radical (unpaired) electrons. The Hall–Kier alpha value is -1.00. The lowest BCUT2D eigenvalue weighted by molar-refractivity contribution is 0.0320. The summed E-state index contributed by atoms with van der Waals surface area (Å²) in [5.74, 6) is -0.734. The van der Waals surface area contributed by atoms with Gasteiger partial charge in [0.25, 0.3) is 0 Å². The largest absolute Gasteiger partial charge is 0.381 e. The zero-order valence-electron chi connectivity index (χ0n) is 11.3. The minimum Gasteiger partial charge on any atom is -0.381 e. The SMILES string of the molecule is CCCNC1CCOCC1Cc1ccc(F)cc1F. The summed E-state index contributed by atoms with van der Waals surface area (Å²) in [7, 11) is 0. The summed E-state index contributed by atoms with van der Waals surface area (Å²) >= 11 is 0. The van der Waals surface area contributed by atoms with Crippen LogP contribution >= 0.6 is 0 Å². The fourth-order valence-corrected chi connectivity index (χ4v) is 2.57. The van der Waals surface area contributed by atoms with Crippen molar-refractivity contribution in [3.8, 4) is 0 Å². The highest BCUT2D eigenvalue weighted by Crippen LogP contribution is 2.21. The minimum absolute atomic E-state index is 0.250. The summed E-state index contributed by atoms with van der Waals surface area (Å²) in [6.07, 6.45) is 2.62. The average molecular weight is 269 g/mol. The summed E-state index contributed by atoms with van der Waals surface area (Å²) in [4.78, 5) is 0. The Morgan fingerprint density at radius 1 is 1.37 bits per heavy atom. The second-order valence-electron chi connectivity index (χ2n) is 5.12. The highest BCUT2D eigenvalue weighted by atomic mass is 19.1. The van der Waals surface area contributed by atoms with Crippen molar-refractivity contribution in [3.63, 3.8) is 0 Å². The van der Waals surface area contributed by atoms with Crippen LogP contribution in [-0.4, -0.2) is 25.8 Å². The normalized spacial score (nSPS) is 23.5. The monoisotopic (exact) mass is 269 g/mol. The van der Waals surface area contributed by atoms with Crippen LogP contribution in [0.1, 0.15) is 25.3 Å². The number of ether oxygens (including phenoxy) is 1. The van der Waals surface area contributed by atoms with Crippen LogP contribution in [-0.2, 0) is 11.2 Å². The Labute approximate surface area is 113 Å². The Bertz CT molecular complexity index is 411. The Balaban J connectivity index is 2.02. The predicted octanol–water partition coefficient (Wildman–Crippen LogP) is 2.91. The first kappa shape index (κ1) is 14.4. The van der Waals surface area contributed by atoms with E-state index in [4.69, 9.17) is 4.74 Å². The van der Waals surface area contributed by atoms with E-state index in [2.05, 4.69) is 12.2 Å². The van der Waals surface area contributed by atoms with Crippen molar-refractivity contribution in [2.45, 2.75) is 32.2 Å².